The van der Waals surface area contributed by atoms with Gasteiger partial charge in [-0.05, 0) is 72.2 Å². The fourth-order valence-electron chi connectivity index (χ4n) is 3.55. The summed E-state index contributed by atoms with van der Waals surface area (Å²) in [4.78, 5) is 42.0. The van der Waals surface area contributed by atoms with Crippen molar-refractivity contribution in [2.75, 3.05) is 41.3 Å². The third kappa shape index (κ3) is 15.1. The molecule has 1 atom stereocenters. The van der Waals surface area contributed by atoms with Gasteiger partial charge >= 0.3 is 0 Å². The van der Waals surface area contributed by atoms with E-state index >= 15 is 0 Å². The lowest BCUT2D eigenvalue weighted by Gasteiger charge is -2.29. The normalized spacial score (nSPS) is 15.3. The van der Waals surface area contributed by atoms with Crippen molar-refractivity contribution in [3.63, 3.8) is 0 Å². The Kier molecular flexibility index (Phi) is 22.2. The summed E-state index contributed by atoms with van der Waals surface area (Å²) in [6.07, 6.45) is 11.6. The number of carbonyl (C=O) groups is 3. The van der Waals surface area contributed by atoms with Gasteiger partial charge < -0.3 is 19.1 Å². The predicted molar refractivity (Wildman–Crippen MR) is 164 cm³/mol. The van der Waals surface area contributed by atoms with E-state index in [0.717, 1.165) is 23.4 Å². The van der Waals surface area contributed by atoms with Crippen molar-refractivity contribution in [1.82, 2.24) is 15.0 Å². The number of aliphatic imine (C=N–C) groups is 1. The molecule has 0 aromatic carbocycles. The number of piperidine rings is 1. The zero-order chi connectivity index (χ0) is 32.0. The van der Waals surface area contributed by atoms with Crippen LogP contribution in [0.5, 0.6) is 0 Å². The molecule has 2 rings (SSSR count). The van der Waals surface area contributed by atoms with Crippen molar-refractivity contribution in [2.45, 2.75) is 60.1 Å². The lowest BCUT2D eigenvalue weighted by atomic mass is 9.90. The van der Waals surface area contributed by atoms with Crippen molar-refractivity contribution < 1.29 is 28.0 Å². The quantitative estimate of drug-likeness (QED) is 0.0623. The van der Waals surface area contributed by atoms with Gasteiger partial charge in [0.05, 0.1) is 13.3 Å². The maximum atomic E-state index is 12.7. The number of rotatable bonds is 10. The van der Waals surface area contributed by atoms with E-state index in [1.807, 2.05) is 26.8 Å². The van der Waals surface area contributed by atoms with E-state index in [0.29, 0.717) is 6.29 Å². The Morgan fingerprint density at radius 1 is 1.24 bits per heavy atom. The fraction of sp³-hybridized carbons (Fsp3) is 0.516. The third-order valence-electron chi connectivity index (χ3n) is 5.75. The number of halogens is 1. The van der Waals surface area contributed by atoms with E-state index in [1.54, 1.807) is 19.9 Å². The average Bonchev–Trinajstić information content (AvgIpc) is 3.45. The monoisotopic (exact) mass is 576 g/mol. The summed E-state index contributed by atoms with van der Waals surface area (Å²) >= 11 is 0. The van der Waals surface area contributed by atoms with E-state index in [2.05, 4.69) is 41.3 Å². The summed E-state index contributed by atoms with van der Waals surface area (Å²) in [5.41, 5.74) is 1.21. The van der Waals surface area contributed by atoms with Crippen LogP contribution >= 0.6 is 0 Å². The molecule has 1 fully saturated rings. The highest BCUT2D eigenvalue weighted by Gasteiger charge is 2.26. The molecule has 1 unspecified atom stereocenters. The van der Waals surface area contributed by atoms with Crippen LogP contribution in [0.2, 0.25) is 0 Å². The van der Waals surface area contributed by atoms with Crippen LogP contribution in [0.25, 0.3) is 0 Å². The molecule has 1 amide bonds. The second-order valence-electron chi connectivity index (χ2n) is 8.89. The molecule has 10 heteroatoms. The number of carbonyl (C=O) groups excluding carboxylic acids is 3. The minimum absolute atomic E-state index is 0.0197. The van der Waals surface area contributed by atoms with Crippen molar-refractivity contribution in [1.29, 1.82) is 0 Å². The number of alkyl halides is 1. The van der Waals surface area contributed by atoms with Crippen LogP contribution < -0.4 is 0 Å². The summed E-state index contributed by atoms with van der Waals surface area (Å²) in [5, 5.41) is 3.43. The highest BCUT2D eigenvalue weighted by Crippen LogP contribution is 2.24. The van der Waals surface area contributed by atoms with Crippen molar-refractivity contribution >= 4 is 29.4 Å². The SMILES string of the molecule is C/C=C(/OC)C(C=O)=Nc1cnoc1C(=O)C(=O)N(C)C.C/C=C(\C=C/C(C)F)CC1CCN(C)CC1.C=C.CC. The maximum absolute atomic E-state index is 12.7. The second kappa shape index (κ2) is 23.1. The molecule has 0 aliphatic carbocycles. The minimum atomic E-state index is -0.902. The molecule has 1 aromatic rings. The van der Waals surface area contributed by atoms with Crippen LogP contribution in [0, 0.1) is 5.92 Å². The first-order valence-electron chi connectivity index (χ1n) is 13.7. The lowest BCUT2D eigenvalue weighted by Crippen LogP contribution is -2.30. The molecule has 2 heterocycles. The molecular formula is C31H49FN4O5. The molecule has 1 saturated heterocycles. The molecule has 1 aliphatic heterocycles. The van der Waals surface area contributed by atoms with Crippen molar-refractivity contribution in [2.24, 2.45) is 10.9 Å². The van der Waals surface area contributed by atoms with E-state index in [4.69, 9.17) is 9.26 Å². The van der Waals surface area contributed by atoms with Crippen LogP contribution in [-0.4, -0.2) is 86.2 Å². The van der Waals surface area contributed by atoms with Crippen LogP contribution in [0.3, 0.4) is 0 Å². The Labute approximate surface area is 245 Å². The number of aromatic nitrogens is 1. The molecule has 1 aromatic heterocycles. The number of allylic oxidation sites excluding steroid dienone is 6. The first-order valence-corrected chi connectivity index (χ1v) is 13.7. The number of likely N-dealkylation sites (tertiary alicyclic amines) is 1. The minimum Gasteiger partial charge on any atom is -0.495 e. The smallest absolute Gasteiger partial charge is 0.298 e. The third-order valence-corrected chi connectivity index (χ3v) is 5.75. The summed E-state index contributed by atoms with van der Waals surface area (Å²) in [5.74, 6) is -1.01. The summed E-state index contributed by atoms with van der Waals surface area (Å²) in [6, 6.07) is 0. The molecule has 1 aliphatic rings. The van der Waals surface area contributed by atoms with E-state index in [1.165, 1.54) is 58.8 Å². The zero-order valence-electron chi connectivity index (χ0n) is 26.3. The first-order chi connectivity index (χ1) is 19.6. The Hall–Kier alpha value is -3.66. The van der Waals surface area contributed by atoms with Gasteiger partial charge in [-0.1, -0.05) is 42.8 Å². The topological polar surface area (TPSA) is 105 Å². The number of methoxy groups -OCH3 is 1. The number of ketones is 1. The van der Waals surface area contributed by atoms with Gasteiger partial charge in [0, 0.05) is 14.1 Å². The number of hydrogen-bond donors (Lipinski definition) is 0. The zero-order valence-corrected chi connectivity index (χ0v) is 26.3. The second-order valence-corrected chi connectivity index (χ2v) is 8.89. The van der Waals surface area contributed by atoms with E-state index in [9.17, 15) is 18.8 Å². The number of ether oxygens (including phenoxy) is 1. The number of aldehydes is 1. The van der Waals surface area contributed by atoms with Gasteiger partial charge in [-0.25, -0.2) is 9.38 Å². The Morgan fingerprint density at radius 3 is 2.27 bits per heavy atom. The summed E-state index contributed by atoms with van der Waals surface area (Å²) < 4.78 is 22.4. The van der Waals surface area contributed by atoms with Gasteiger partial charge in [0.25, 0.3) is 11.7 Å². The molecule has 230 valence electrons. The predicted octanol–water partition coefficient (Wildman–Crippen LogP) is 6.17. The highest BCUT2D eigenvalue weighted by atomic mass is 19.1. The first kappa shape index (κ1) is 39.5. The van der Waals surface area contributed by atoms with E-state index < -0.39 is 17.9 Å². The largest absolute Gasteiger partial charge is 0.495 e. The van der Waals surface area contributed by atoms with Crippen LogP contribution in [-0.2, 0) is 14.3 Å². The molecule has 0 N–H and O–H groups in total. The molecule has 0 spiro atoms. The Bertz CT molecular complexity index is 1030. The summed E-state index contributed by atoms with van der Waals surface area (Å²) in [6.45, 7) is 17.7. The van der Waals surface area contributed by atoms with Gasteiger partial charge in [-0.2, -0.15) is 0 Å². The standard InChI is InChI=1S/C14H24FN.C13H15N3O5.C2H6.C2H4/c1-4-13(6-5-12(2)15)11-14-7-9-16(3)10-8-14;1-5-10(20-4)9(7-17)15-8-6-14-21-12(8)11(18)13(19)16(2)3;2*1-2/h4-6,12,14H,7-11H2,1-3H3;5-7H,1-4H3;1-2H3;1-2H2/b6-5-,13-4+;10-5+,15-9?;;. The van der Waals surface area contributed by atoms with Gasteiger partial charge in [0.15, 0.2) is 6.29 Å². The molecule has 41 heavy (non-hydrogen) atoms. The van der Waals surface area contributed by atoms with Gasteiger partial charge in [0.2, 0.25) is 5.76 Å². The molecule has 0 radical (unpaired) electrons. The highest BCUT2D eigenvalue weighted by molar-refractivity contribution is 6.43. The maximum Gasteiger partial charge on any atom is 0.298 e. The number of likely N-dealkylation sites (N-methyl/N-ethyl adjacent to an activating group) is 1. The van der Waals surface area contributed by atoms with Gasteiger partial charge in [-0.15, -0.1) is 13.2 Å². The van der Waals surface area contributed by atoms with Crippen molar-refractivity contribution in [3.05, 3.63) is 60.8 Å². The van der Waals surface area contributed by atoms with Gasteiger partial charge in [-0.3, -0.25) is 14.4 Å². The van der Waals surface area contributed by atoms with Gasteiger partial charge in [0.1, 0.15) is 23.3 Å². The number of Topliss-reactive ketones (excluding diaryl/α,β-unsaturated/α-hetero) is 1. The summed E-state index contributed by atoms with van der Waals surface area (Å²) in [7, 11) is 6.42. The number of nitrogens with zero attached hydrogens (tertiary/aromatic N) is 4. The molecular weight excluding hydrogens is 527 g/mol. The number of hydrogen-bond acceptors (Lipinski definition) is 8. The molecule has 0 bridgehead atoms. The Morgan fingerprint density at radius 2 is 1.83 bits per heavy atom. The molecule has 9 nitrogen and oxygen atoms in total. The van der Waals surface area contributed by atoms with Crippen LogP contribution in [0.15, 0.2) is 64.5 Å². The lowest BCUT2D eigenvalue weighted by molar-refractivity contribution is -0.124. The van der Waals surface area contributed by atoms with Crippen molar-refractivity contribution in [3.8, 4) is 0 Å². The van der Waals surface area contributed by atoms with Crippen LogP contribution in [0.1, 0.15) is 64.4 Å². The average molecular weight is 577 g/mol. The van der Waals surface area contributed by atoms with E-state index in [-0.39, 0.29) is 22.9 Å². The Balaban J connectivity index is 0. The molecule has 0 saturated carbocycles. The number of amides is 1. The van der Waals surface area contributed by atoms with Crippen LogP contribution in [0.4, 0.5) is 10.1 Å². The fourth-order valence-corrected chi connectivity index (χ4v) is 3.55.